The lowest BCUT2D eigenvalue weighted by molar-refractivity contribution is 0.413. The van der Waals surface area contributed by atoms with Gasteiger partial charge < -0.3 is 21.5 Å². The molecule has 4 nitrogen and oxygen atoms in total. The summed E-state index contributed by atoms with van der Waals surface area (Å²) >= 11 is 1.53. The maximum atomic E-state index is 6.09. The van der Waals surface area contributed by atoms with Gasteiger partial charge >= 0.3 is 0 Å². The van der Waals surface area contributed by atoms with Gasteiger partial charge in [-0.3, -0.25) is 0 Å². The summed E-state index contributed by atoms with van der Waals surface area (Å²) in [6.07, 6.45) is 8.07. The normalized spacial score (nSPS) is 10.5. The molecule has 0 radical (unpaired) electrons. The second-order valence-corrected chi connectivity index (χ2v) is 6.71. The molecule has 0 aliphatic rings. The molecule has 5 heteroatoms. The van der Waals surface area contributed by atoms with Crippen LogP contribution in [-0.2, 0) is 6.42 Å². The van der Waals surface area contributed by atoms with Gasteiger partial charge in [0.1, 0.15) is 5.75 Å². The third-order valence-electron chi connectivity index (χ3n) is 3.59. The van der Waals surface area contributed by atoms with Crippen LogP contribution in [0.5, 0.6) is 5.75 Å². The molecule has 0 saturated heterocycles. The molecule has 0 heterocycles. The first-order chi connectivity index (χ1) is 14.2. The van der Waals surface area contributed by atoms with Crippen molar-refractivity contribution >= 4 is 17.4 Å². The van der Waals surface area contributed by atoms with Crippen molar-refractivity contribution < 1.29 is 4.74 Å². The number of rotatable bonds is 9. The fraction of sp³-hybridized carbons (Fsp3) is 0.333. The van der Waals surface area contributed by atoms with Crippen LogP contribution in [0.4, 0.5) is 5.69 Å². The molecule has 0 bridgehead atoms. The van der Waals surface area contributed by atoms with Crippen molar-refractivity contribution in [1.29, 1.82) is 0 Å². The highest BCUT2D eigenvalue weighted by molar-refractivity contribution is 8.03. The summed E-state index contributed by atoms with van der Waals surface area (Å²) in [5, 5.41) is 4.22. The molecule has 0 fully saturated rings. The molecule has 2 rings (SSSR count). The number of allylic oxidation sites excluding steroid dienone is 3. The molecule has 0 spiro atoms. The Kier molecular flexibility index (Phi) is 16.3. The molecule has 0 unspecified atom stereocenters. The Hall–Kier alpha value is -2.37. The van der Waals surface area contributed by atoms with Crippen LogP contribution >= 0.6 is 11.8 Å². The lowest BCUT2D eigenvalue weighted by atomic mass is 10.1. The fourth-order valence-corrected chi connectivity index (χ4v) is 3.06. The van der Waals surface area contributed by atoms with Gasteiger partial charge in [-0.1, -0.05) is 69.0 Å². The zero-order chi connectivity index (χ0) is 21.9. The molecule has 0 aromatic heterocycles. The minimum Gasteiger partial charge on any atom is -0.497 e. The first-order valence-corrected chi connectivity index (χ1v) is 10.9. The van der Waals surface area contributed by atoms with E-state index in [1.807, 2.05) is 50.3 Å². The van der Waals surface area contributed by atoms with Crippen molar-refractivity contribution in [2.75, 3.05) is 26.0 Å². The van der Waals surface area contributed by atoms with E-state index >= 15 is 0 Å². The summed E-state index contributed by atoms with van der Waals surface area (Å²) in [4.78, 5) is 1.07. The van der Waals surface area contributed by atoms with Gasteiger partial charge in [-0.2, -0.15) is 0 Å². The Morgan fingerprint density at radius 3 is 2.52 bits per heavy atom. The second kappa shape index (κ2) is 17.7. The summed E-state index contributed by atoms with van der Waals surface area (Å²) in [5.74, 6) is 0.838. The lowest BCUT2D eigenvalue weighted by Gasteiger charge is -2.09. The molecule has 0 aliphatic carbocycles. The molecule has 2 aromatic rings. The Morgan fingerprint density at radius 1 is 1.10 bits per heavy atom. The number of ether oxygens (including phenoxy) is 1. The number of thioether (sulfide) groups is 1. The average molecular weight is 416 g/mol. The highest BCUT2D eigenvalue weighted by Gasteiger charge is 1.99. The van der Waals surface area contributed by atoms with Crippen molar-refractivity contribution in [2.24, 2.45) is 11.5 Å². The summed E-state index contributed by atoms with van der Waals surface area (Å²) in [7, 11) is 3.17. The van der Waals surface area contributed by atoms with Gasteiger partial charge in [-0.05, 0) is 55.8 Å². The van der Waals surface area contributed by atoms with Gasteiger partial charge in [0, 0.05) is 17.1 Å². The van der Waals surface area contributed by atoms with Crippen LogP contribution < -0.4 is 21.5 Å². The topological polar surface area (TPSA) is 73.3 Å². The first-order valence-electron chi connectivity index (χ1n) is 10.1. The molecule has 2 aromatic carbocycles. The van der Waals surface area contributed by atoms with Gasteiger partial charge in [-0.15, -0.1) is 0 Å². The SMILES string of the molecule is CC.CCCNc1ccccc1C/C=C\C=C(/N)Sc1cccc(OC)c1.CN. The van der Waals surface area contributed by atoms with Crippen LogP contribution in [0.15, 0.2) is 76.7 Å². The van der Waals surface area contributed by atoms with Crippen LogP contribution in [0.3, 0.4) is 0 Å². The molecular formula is C24H37N3OS. The lowest BCUT2D eigenvalue weighted by Crippen LogP contribution is -2.02. The smallest absolute Gasteiger partial charge is 0.119 e. The first kappa shape index (κ1) is 26.6. The maximum Gasteiger partial charge on any atom is 0.119 e. The van der Waals surface area contributed by atoms with E-state index in [0.29, 0.717) is 0 Å². The van der Waals surface area contributed by atoms with E-state index in [1.165, 1.54) is 30.1 Å². The Morgan fingerprint density at radius 2 is 1.83 bits per heavy atom. The number of benzene rings is 2. The Balaban J connectivity index is 0.00000184. The van der Waals surface area contributed by atoms with E-state index in [1.54, 1.807) is 7.11 Å². The standard InChI is InChI=1S/C21H26N2OS.C2H6.CH5N/c1-3-15-23-20-13-6-4-9-17(20)10-5-7-14-21(22)25-19-12-8-11-18(16-19)24-2;2*1-2/h4-9,11-14,16,23H,3,10,15,22H2,1-2H3;1-2H3;2H2,1H3/b7-5-,21-14+;;. The summed E-state index contributed by atoms with van der Waals surface area (Å²) < 4.78 is 5.23. The summed E-state index contributed by atoms with van der Waals surface area (Å²) in [5.41, 5.74) is 13.1. The molecular weight excluding hydrogens is 378 g/mol. The van der Waals surface area contributed by atoms with Crippen molar-refractivity contribution in [3.05, 3.63) is 77.4 Å². The second-order valence-electron chi connectivity index (χ2n) is 5.57. The zero-order valence-electron chi connectivity index (χ0n) is 18.4. The quantitative estimate of drug-likeness (QED) is 0.356. The minimum absolute atomic E-state index is 0.752. The van der Waals surface area contributed by atoms with Crippen LogP contribution in [0, 0.1) is 0 Å². The van der Waals surface area contributed by atoms with Crippen LogP contribution in [0.1, 0.15) is 32.8 Å². The average Bonchev–Trinajstić information content (AvgIpc) is 2.78. The number of anilines is 1. The molecule has 0 atom stereocenters. The number of nitrogens with two attached hydrogens (primary N) is 2. The van der Waals surface area contributed by atoms with E-state index in [2.05, 4.69) is 48.3 Å². The molecule has 29 heavy (non-hydrogen) atoms. The monoisotopic (exact) mass is 415 g/mol. The van der Waals surface area contributed by atoms with E-state index in [0.717, 1.165) is 35.1 Å². The van der Waals surface area contributed by atoms with E-state index in [-0.39, 0.29) is 0 Å². The van der Waals surface area contributed by atoms with Crippen molar-refractivity contribution in [2.45, 2.75) is 38.5 Å². The zero-order valence-corrected chi connectivity index (χ0v) is 19.3. The fourth-order valence-electron chi connectivity index (χ4n) is 2.32. The van der Waals surface area contributed by atoms with Crippen molar-refractivity contribution in [3.8, 4) is 5.75 Å². The predicted octanol–water partition coefficient (Wildman–Crippen LogP) is 5.81. The molecule has 0 aliphatic heterocycles. The minimum atomic E-state index is 0.752. The van der Waals surface area contributed by atoms with Crippen molar-refractivity contribution in [1.82, 2.24) is 0 Å². The van der Waals surface area contributed by atoms with E-state index in [9.17, 15) is 0 Å². The molecule has 0 saturated carbocycles. The largest absolute Gasteiger partial charge is 0.497 e. The van der Waals surface area contributed by atoms with Gasteiger partial charge in [-0.25, -0.2) is 0 Å². The van der Waals surface area contributed by atoms with Gasteiger partial charge in [0.15, 0.2) is 0 Å². The third-order valence-corrected chi connectivity index (χ3v) is 4.46. The molecule has 5 N–H and O–H groups in total. The number of hydrogen-bond acceptors (Lipinski definition) is 5. The van der Waals surface area contributed by atoms with Gasteiger partial charge in [0.25, 0.3) is 0 Å². The number of nitrogens with one attached hydrogen (secondary N) is 1. The summed E-state index contributed by atoms with van der Waals surface area (Å²) in [6.45, 7) is 7.16. The van der Waals surface area contributed by atoms with Crippen molar-refractivity contribution in [3.63, 3.8) is 0 Å². The predicted molar refractivity (Wildman–Crippen MR) is 131 cm³/mol. The van der Waals surface area contributed by atoms with Crippen LogP contribution in [0.25, 0.3) is 0 Å². The molecule has 160 valence electrons. The number of hydrogen-bond donors (Lipinski definition) is 3. The molecule has 0 amide bonds. The Labute approximate surface area is 181 Å². The van der Waals surface area contributed by atoms with E-state index < -0.39 is 0 Å². The van der Waals surface area contributed by atoms with Crippen LogP contribution in [-0.4, -0.2) is 20.7 Å². The highest BCUT2D eigenvalue weighted by Crippen LogP contribution is 2.26. The maximum absolute atomic E-state index is 6.09. The highest BCUT2D eigenvalue weighted by atomic mass is 32.2. The van der Waals surface area contributed by atoms with Gasteiger partial charge in [0.2, 0.25) is 0 Å². The van der Waals surface area contributed by atoms with E-state index in [4.69, 9.17) is 10.5 Å². The number of para-hydroxylation sites is 1. The number of methoxy groups -OCH3 is 1. The van der Waals surface area contributed by atoms with Crippen LogP contribution in [0.2, 0.25) is 0 Å². The third kappa shape index (κ3) is 11.3. The Bertz CT molecular complexity index is 730. The van der Waals surface area contributed by atoms with Gasteiger partial charge in [0.05, 0.1) is 12.1 Å². The summed E-state index contributed by atoms with van der Waals surface area (Å²) in [6, 6.07) is 16.3.